The number of nitro groups is 1. The Kier molecular flexibility index (Phi) is 3.61. The van der Waals surface area contributed by atoms with Crippen LogP contribution in [-0.2, 0) is 0 Å². The largest absolute Gasteiger partial charge is 0.378 e. The van der Waals surface area contributed by atoms with Gasteiger partial charge in [-0.2, -0.15) is 0 Å². The van der Waals surface area contributed by atoms with Crippen LogP contribution in [0.25, 0.3) is 0 Å². The van der Waals surface area contributed by atoms with Crippen LogP contribution < -0.4 is 11.1 Å². The van der Waals surface area contributed by atoms with Crippen LogP contribution >= 0.6 is 0 Å². The van der Waals surface area contributed by atoms with Gasteiger partial charge in [-0.3, -0.25) is 14.9 Å². The highest BCUT2D eigenvalue weighted by atomic mass is 16.6. The fourth-order valence-electron chi connectivity index (χ4n) is 2.32. The van der Waals surface area contributed by atoms with Crippen LogP contribution in [0, 0.1) is 21.4 Å². The van der Waals surface area contributed by atoms with Crippen molar-refractivity contribution in [2.45, 2.75) is 26.7 Å². The average Bonchev–Trinajstić information content (AvgIpc) is 3.16. The molecule has 0 spiro atoms. The molecule has 1 aromatic heterocycles. The number of aromatic nitrogens is 1. The summed E-state index contributed by atoms with van der Waals surface area (Å²) in [6.07, 6.45) is 3.45. The fraction of sp³-hybridized carbons (Fsp3) is 0.538. The normalized spacial score (nSPS) is 15.9. The minimum atomic E-state index is -0.674. The van der Waals surface area contributed by atoms with Crippen LogP contribution in [0.3, 0.4) is 0 Å². The third-order valence-corrected chi connectivity index (χ3v) is 4.10. The van der Waals surface area contributed by atoms with Gasteiger partial charge in [0.05, 0.1) is 4.92 Å². The molecule has 1 aliphatic rings. The summed E-state index contributed by atoms with van der Waals surface area (Å²) in [6.45, 7) is 4.76. The monoisotopic (exact) mass is 278 g/mol. The summed E-state index contributed by atoms with van der Waals surface area (Å²) in [4.78, 5) is 26.1. The molecular formula is C13H18N4O3. The van der Waals surface area contributed by atoms with Crippen LogP contribution in [0.15, 0.2) is 12.3 Å². The molecule has 1 heterocycles. The molecule has 1 aliphatic carbocycles. The number of pyridine rings is 1. The number of amides is 1. The van der Waals surface area contributed by atoms with Gasteiger partial charge in [0, 0.05) is 12.7 Å². The van der Waals surface area contributed by atoms with Crippen molar-refractivity contribution in [3.05, 3.63) is 27.9 Å². The molecule has 0 bridgehead atoms. The summed E-state index contributed by atoms with van der Waals surface area (Å²) in [7, 11) is 0. The Labute approximate surface area is 116 Å². The van der Waals surface area contributed by atoms with Gasteiger partial charge in [-0.05, 0) is 30.2 Å². The zero-order valence-corrected chi connectivity index (χ0v) is 11.5. The number of anilines is 1. The Morgan fingerprint density at radius 1 is 1.60 bits per heavy atom. The SMILES string of the molecule is CC(C)C1(CNC(=O)c2ccnc(N)c2[N+](=O)[O-])CC1. The Bertz CT molecular complexity index is 553. The molecular weight excluding hydrogens is 260 g/mol. The Morgan fingerprint density at radius 2 is 2.25 bits per heavy atom. The maximum Gasteiger partial charge on any atom is 0.323 e. The van der Waals surface area contributed by atoms with Crippen LogP contribution in [-0.4, -0.2) is 22.4 Å². The van der Waals surface area contributed by atoms with Gasteiger partial charge < -0.3 is 11.1 Å². The maximum atomic E-state index is 12.1. The lowest BCUT2D eigenvalue weighted by Gasteiger charge is -2.19. The van der Waals surface area contributed by atoms with Crippen molar-refractivity contribution in [1.82, 2.24) is 10.3 Å². The third kappa shape index (κ3) is 2.56. The molecule has 7 heteroatoms. The van der Waals surface area contributed by atoms with Gasteiger partial charge in [0.1, 0.15) is 5.56 Å². The van der Waals surface area contributed by atoms with Crippen molar-refractivity contribution in [2.24, 2.45) is 11.3 Å². The van der Waals surface area contributed by atoms with Crippen LogP contribution in [0.5, 0.6) is 0 Å². The van der Waals surface area contributed by atoms with E-state index in [0.717, 1.165) is 12.8 Å². The topological polar surface area (TPSA) is 111 Å². The second-order valence-electron chi connectivity index (χ2n) is 5.55. The Balaban J connectivity index is 2.14. The van der Waals surface area contributed by atoms with E-state index in [4.69, 9.17) is 5.73 Å². The second-order valence-corrected chi connectivity index (χ2v) is 5.55. The molecule has 1 amide bonds. The molecule has 1 saturated carbocycles. The molecule has 1 fully saturated rings. The van der Waals surface area contributed by atoms with Crippen LogP contribution in [0.2, 0.25) is 0 Å². The molecule has 108 valence electrons. The predicted molar refractivity (Wildman–Crippen MR) is 74.1 cm³/mol. The lowest BCUT2D eigenvalue weighted by molar-refractivity contribution is -0.384. The number of hydrogen-bond donors (Lipinski definition) is 2. The molecule has 3 N–H and O–H groups in total. The van der Waals surface area contributed by atoms with Gasteiger partial charge in [0.15, 0.2) is 0 Å². The molecule has 0 unspecified atom stereocenters. The van der Waals surface area contributed by atoms with Gasteiger partial charge in [-0.1, -0.05) is 13.8 Å². The van der Waals surface area contributed by atoms with E-state index >= 15 is 0 Å². The lowest BCUT2D eigenvalue weighted by Crippen LogP contribution is -2.33. The Hall–Kier alpha value is -2.18. The molecule has 7 nitrogen and oxygen atoms in total. The van der Waals surface area contributed by atoms with E-state index in [9.17, 15) is 14.9 Å². The van der Waals surface area contributed by atoms with Crippen molar-refractivity contribution < 1.29 is 9.72 Å². The highest BCUT2D eigenvalue weighted by Crippen LogP contribution is 2.51. The van der Waals surface area contributed by atoms with Crippen molar-refractivity contribution >= 4 is 17.4 Å². The lowest BCUT2D eigenvalue weighted by atomic mass is 9.92. The number of rotatable bonds is 5. The van der Waals surface area contributed by atoms with Gasteiger partial charge in [0.2, 0.25) is 5.82 Å². The quantitative estimate of drug-likeness (QED) is 0.629. The van der Waals surface area contributed by atoms with Crippen molar-refractivity contribution in [1.29, 1.82) is 0 Å². The van der Waals surface area contributed by atoms with Gasteiger partial charge in [-0.15, -0.1) is 0 Å². The Morgan fingerprint density at radius 3 is 2.75 bits per heavy atom. The number of carbonyl (C=O) groups is 1. The maximum absolute atomic E-state index is 12.1. The third-order valence-electron chi connectivity index (χ3n) is 4.10. The summed E-state index contributed by atoms with van der Waals surface area (Å²) in [5.41, 5.74) is 5.14. The summed E-state index contributed by atoms with van der Waals surface area (Å²) in [5.74, 6) is -0.245. The predicted octanol–water partition coefficient (Wildman–Crippen LogP) is 1.74. The van der Waals surface area contributed by atoms with E-state index in [1.165, 1.54) is 12.3 Å². The summed E-state index contributed by atoms with van der Waals surface area (Å²) < 4.78 is 0. The minimum Gasteiger partial charge on any atom is -0.378 e. The fourth-order valence-corrected chi connectivity index (χ4v) is 2.32. The molecule has 0 atom stereocenters. The van der Waals surface area contributed by atoms with E-state index in [0.29, 0.717) is 12.5 Å². The van der Waals surface area contributed by atoms with Crippen molar-refractivity contribution in [2.75, 3.05) is 12.3 Å². The highest BCUT2D eigenvalue weighted by Gasteiger charge is 2.45. The molecule has 0 radical (unpaired) electrons. The van der Waals surface area contributed by atoms with E-state index in [2.05, 4.69) is 24.1 Å². The molecule has 0 aliphatic heterocycles. The molecule has 2 rings (SSSR count). The van der Waals surface area contributed by atoms with Gasteiger partial charge in [-0.25, -0.2) is 4.98 Å². The molecule has 20 heavy (non-hydrogen) atoms. The average molecular weight is 278 g/mol. The number of nitrogen functional groups attached to an aromatic ring is 1. The highest BCUT2D eigenvalue weighted by molar-refractivity contribution is 5.99. The summed E-state index contributed by atoms with van der Waals surface area (Å²) in [5, 5.41) is 13.8. The standard InChI is InChI=1S/C13H18N4O3/c1-8(2)13(4-5-13)7-16-12(18)9-3-6-15-11(14)10(9)17(19)20/h3,6,8H,4-5,7H2,1-2H3,(H2,14,15)(H,16,18). The van der Waals surface area contributed by atoms with E-state index in [1.807, 2.05) is 0 Å². The van der Waals surface area contributed by atoms with E-state index < -0.39 is 16.5 Å². The molecule has 1 aromatic rings. The zero-order chi connectivity index (χ0) is 14.9. The number of hydrogen-bond acceptors (Lipinski definition) is 5. The van der Waals surface area contributed by atoms with Gasteiger partial charge >= 0.3 is 5.69 Å². The zero-order valence-electron chi connectivity index (χ0n) is 11.5. The smallest absolute Gasteiger partial charge is 0.323 e. The van der Waals surface area contributed by atoms with Crippen molar-refractivity contribution in [3.63, 3.8) is 0 Å². The number of carbonyl (C=O) groups excluding carboxylic acids is 1. The first-order valence-electron chi connectivity index (χ1n) is 6.54. The second kappa shape index (κ2) is 5.07. The number of nitrogens with two attached hydrogens (primary N) is 1. The molecule has 0 aromatic carbocycles. The van der Waals surface area contributed by atoms with Crippen LogP contribution in [0.4, 0.5) is 11.5 Å². The first-order valence-corrected chi connectivity index (χ1v) is 6.54. The molecule has 0 saturated heterocycles. The number of nitrogens with one attached hydrogen (secondary N) is 1. The van der Waals surface area contributed by atoms with Gasteiger partial charge in [0.25, 0.3) is 5.91 Å². The van der Waals surface area contributed by atoms with E-state index in [1.54, 1.807) is 0 Å². The first kappa shape index (κ1) is 14.2. The first-order chi connectivity index (χ1) is 9.37. The summed E-state index contributed by atoms with van der Waals surface area (Å²) in [6, 6.07) is 1.32. The van der Waals surface area contributed by atoms with E-state index in [-0.39, 0.29) is 16.8 Å². The van der Waals surface area contributed by atoms with Crippen LogP contribution in [0.1, 0.15) is 37.0 Å². The van der Waals surface area contributed by atoms with Crippen molar-refractivity contribution in [3.8, 4) is 0 Å². The summed E-state index contributed by atoms with van der Waals surface area (Å²) >= 11 is 0. The number of nitrogens with zero attached hydrogens (tertiary/aromatic N) is 2. The minimum absolute atomic E-state index is 0.0398.